The van der Waals surface area contributed by atoms with Gasteiger partial charge in [0.05, 0.1) is 12.0 Å². The van der Waals surface area contributed by atoms with Gasteiger partial charge in [-0.25, -0.2) is 4.98 Å². The van der Waals surface area contributed by atoms with E-state index >= 15 is 0 Å². The molecule has 0 bridgehead atoms. The van der Waals surface area contributed by atoms with Crippen LogP contribution in [0.4, 0.5) is 13.2 Å². The van der Waals surface area contributed by atoms with E-state index in [2.05, 4.69) is 10.3 Å². The van der Waals surface area contributed by atoms with Crippen LogP contribution in [0.25, 0.3) is 0 Å². The van der Waals surface area contributed by atoms with Crippen molar-refractivity contribution < 1.29 is 13.2 Å². The number of aromatic nitrogens is 2. The van der Waals surface area contributed by atoms with Crippen molar-refractivity contribution in [3.63, 3.8) is 0 Å². The number of imidazole rings is 1. The first-order chi connectivity index (χ1) is 7.50. The van der Waals surface area contributed by atoms with E-state index in [1.807, 2.05) is 0 Å². The number of nitrogens with one attached hydrogen (secondary N) is 1. The first-order valence-electron chi connectivity index (χ1n) is 5.27. The zero-order chi connectivity index (χ0) is 11.8. The highest BCUT2D eigenvalue weighted by Gasteiger charge is 2.47. The van der Waals surface area contributed by atoms with Crippen molar-refractivity contribution >= 4 is 0 Å². The standard InChI is InChI=1S/C10H14F3N3/c1-16-6-5-15-9(16)8-7(10(11,12)13)3-2-4-14-8/h5-8,14H,2-4H2,1H3. The summed E-state index contributed by atoms with van der Waals surface area (Å²) in [7, 11) is 1.71. The molecule has 1 fully saturated rings. The molecule has 0 spiro atoms. The zero-order valence-electron chi connectivity index (χ0n) is 8.96. The van der Waals surface area contributed by atoms with Gasteiger partial charge in [0.2, 0.25) is 0 Å². The molecule has 2 atom stereocenters. The molecule has 0 aromatic carbocycles. The van der Waals surface area contributed by atoms with Gasteiger partial charge in [0, 0.05) is 19.4 Å². The summed E-state index contributed by atoms with van der Waals surface area (Å²) in [5.74, 6) is -0.871. The van der Waals surface area contributed by atoms with Crippen molar-refractivity contribution in [2.75, 3.05) is 6.54 Å². The van der Waals surface area contributed by atoms with E-state index in [0.29, 0.717) is 18.8 Å². The summed E-state index contributed by atoms with van der Waals surface area (Å²) < 4.78 is 40.2. The second-order valence-electron chi connectivity index (χ2n) is 4.12. The topological polar surface area (TPSA) is 29.9 Å². The number of piperidine rings is 1. The predicted octanol–water partition coefficient (Wildman–Crippen LogP) is 2.02. The number of aryl methyl sites for hydroxylation is 1. The third-order valence-electron chi connectivity index (χ3n) is 3.02. The van der Waals surface area contributed by atoms with E-state index in [-0.39, 0.29) is 6.42 Å². The summed E-state index contributed by atoms with van der Waals surface area (Å²) in [6.45, 7) is 0.615. The van der Waals surface area contributed by atoms with Crippen LogP contribution in [0.1, 0.15) is 24.7 Å². The molecule has 0 radical (unpaired) electrons. The molecule has 1 aromatic heterocycles. The largest absolute Gasteiger partial charge is 0.393 e. The molecule has 16 heavy (non-hydrogen) atoms. The highest BCUT2D eigenvalue weighted by atomic mass is 19.4. The highest BCUT2D eigenvalue weighted by molar-refractivity contribution is 5.04. The Morgan fingerprint density at radius 3 is 2.81 bits per heavy atom. The van der Waals surface area contributed by atoms with Gasteiger partial charge in [-0.05, 0) is 19.4 Å². The quantitative estimate of drug-likeness (QED) is 0.804. The Morgan fingerprint density at radius 2 is 2.25 bits per heavy atom. The van der Waals surface area contributed by atoms with Crippen molar-refractivity contribution in [2.45, 2.75) is 25.1 Å². The van der Waals surface area contributed by atoms with Crippen molar-refractivity contribution in [3.05, 3.63) is 18.2 Å². The van der Waals surface area contributed by atoms with Crippen LogP contribution in [0.5, 0.6) is 0 Å². The van der Waals surface area contributed by atoms with Crippen LogP contribution in [0.3, 0.4) is 0 Å². The third-order valence-corrected chi connectivity index (χ3v) is 3.02. The Kier molecular flexibility index (Phi) is 2.92. The van der Waals surface area contributed by atoms with E-state index in [0.717, 1.165) is 0 Å². The lowest BCUT2D eigenvalue weighted by Gasteiger charge is -2.33. The molecule has 1 aromatic rings. The molecule has 0 saturated carbocycles. The summed E-state index contributed by atoms with van der Waals surface area (Å²) in [5.41, 5.74) is 0. The SMILES string of the molecule is Cn1ccnc1C1NCCCC1C(F)(F)F. The monoisotopic (exact) mass is 233 g/mol. The van der Waals surface area contributed by atoms with Gasteiger partial charge in [0.1, 0.15) is 5.82 Å². The van der Waals surface area contributed by atoms with Crippen LogP contribution in [0.2, 0.25) is 0 Å². The van der Waals surface area contributed by atoms with Crippen LogP contribution in [-0.4, -0.2) is 22.3 Å². The Morgan fingerprint density at radius 1 is 1.50 bits per heavy atom. The number of nitrogens with zero attached hydrogens (tertiary/aromatic N) is 2. The Labute approximate surface area is 91.7 Å². The average molecular weight is 233 g/mol. The molecule has 0 amide bonds. The number of alkyl halides is 3. The van der Waals surface area contributed by atoms with E-state index in [1.165, 1.54) is 6.20 Å². The van der Waals surface area contributed by atoms with Gasteiger partial charge in [-0.2, -0.15) is 13.2 Å². The minimum atomic E-state index is -4.16. The molecule has 1 aliphatic heterocycles. The fraction of sp³-hybridized carbons (Fsp3) is 0.700. The van der Waals surface area contributed by atoms with E-state index in [9.17, 15) is 13.2 Å². The summed E-state index contributed by atoms with van der Waals surface area (Å²) in [6, 6.07) is -0.714. The van der Waals surface area contributed by atoms with Gasteiger partial charge in [0.15, 0.2) is 0 Å². The lowest BCUT2D eigenvalue weighted by molar-refractivity contribution is -0.189. The van der Waals surface area contributed by atoms with Crippen molar-refractivity contribution in [3.8, 4) is 0 Å². The Bertz CT molecular complexity index is 358. The lowest BCUT2D eigenvalue weighted by atomic mass is 9.89. The van der Waals surface area contributed by atoms with Gasteiger partial charge in [-0.3, -0.25) is 0 Å². The minimum Gasteiger partial charge on any atom is -0.337 e. The van der Waals surface area contributed by atoms with Crippen molar-refractivity contribution in [1.82, 2.24) is 14.9 Å². The number of hydrogen-bond donors (Lipinski definition) is 1. The van der Waals surface area contributed by atoms with Crippen molar-refractivity contribution in [2.24, 2.45) is 13.0 Å². The number of hydrogen-bond acceptors (Lipinski definition) is 2. The van der Waals surface area contributed by atoms with E-state index < -0.39 is 18.1 Å². The molecule has 2 heterocycles. The highest BCUT2D eigenvalue weighted by Crippen LogP contribution is 2.40. The summed E-state index contributed by atoms with van der Waals surface area (Å²) in [4.78, 5) is 4.00. The molecular formula is C10H14F3N3. The molecule has 1 N–H and O–H groups in total. The second-order valence-corrected chi connectivity index (χ2v) is 4.12. The van der Waals surface area contributed by atoms with Crippen LogP contribution in [0, 0.1) is 5.92 Å². The summed E-state index contributed by atoms with van der Waals surface area (Å²) in [5, 5.41) is 2.92. The fourth-order valence-corrected chi connectivity index (χ4v) is 2.19. The van der Waals surface area contributed by atoms with Crippen LogP contribution in [0.15, 0.2) is 12.4 Å². The normalized spacial score (nSPS) is 27.0. The van der Waals surface area contributed by atoms with Gasteiger partial charge in [-0.1, -0.05) is 0 Å². The maximum absolute atomic E-state index is 12.8. The molecule has 2 unspecified atom stereocenters. The smallest absolute Gasteiger partial charge is 0.337 e. The van der Waals surface area contributed by atoms with Crippen molar-refractivity contribution in [1.29, 1.82) is 0 Å². The first-order valence-corrected chi connectivity index (χ1v) is 5.27. The molecule has 2 rings (SSSR count). The van der Waals surface area contributed by atoms with Gasteiger partial charge >= 0.3 is 6.18 Å². The fourth-order valence-electron chi connectivity index (χ4n) is 2.19. The zero-order valence-corrected chi connectivity index (χ0v) is 8.96. The molecule has 3 nitrogen and oxygen atoms in total. The molecule has 6 heteroatoms. The van der Waals surface area contributed by atoms with E-state index in [1.54, 1.807) is 17.8 Å². The van der Waals surface area contributed by atoms with Gasteiger partial charge < -0.3 is 9.88 Å². The molecular weight excluding hydrogens is 219 g/mol. The molecule has 1 aliphatic rings. The lowest BCUT2D eigenvalue weighted by Crippen LogP contribution is -2.42. The predicted molar refractivity (Wildman–Crippen MR) is 52.7 cm³/mol. The molecule has 0 aliphatic carbocycles. The third kappa shape index (κ3) is 2.07. The number of rotatable bonds is 1. The Hall–Kier alpha value is -1.04. The minimum absolute atomic E-state index is 0.175. The molecule has 1 saturated heterocycles. The van der Waals surface area contributed by atoms with Crippen LogP contribution in [-0.2, 0) is 7.05 Å². The maximum atomic E-state index is 12.8. The summed E-state index contributed by atoms with van der Waals surface area (Å²) >= 11 is 0. The average Bonchev–Trinajstić information content (AvgIpc) is 2.63. The Balaban J connectivity index is 2.27. The molecule has 90 valence electrons. The van der Waals surface area contributed by atoms with Gasteiger partial charge in [0.25, 0.3) is 0 Å². The first kappa shape index (κ1) is 11.4. The number of halogens is 3. The van der Waals surface area contributed by atoms with E-state index in [4.69, 9.17) is 0 Å². The van der Waals surface area contributed by atoms with Gasteiger partial charge in [-0.15, -0.1) is 0 Å². The maximum Gasteiger partial charge on any atom is 0.393 e. The second kappa shape index (κ2) is 4.08. The van der Waals surface area contributed by atoms with Crippen LogP contribution < -0.4 is 5.32 Å². The summed E-state index contributed by atoms with van der Waals surface area (Å²) in [6.07, 6.45) is -0.235. The van der Waals surface area contributed by atoms with Crippen LogP contribution >= 0.6 is 0 Å².